The topological polar surface area (TPSA) is 81.6 Å². The van der Waals surface area contributed by atoms with E-state index in [1.165, 1.54) is 0 Å². The summed E-state index contributed by atoms with van der Waals surface area (Å²) in [4.78, 5) is 13.2. The van der Waals surface area contributed by atoms with Gasteiger partial charge in [0.05, 0.1) is 11.5 Å². The highest BCUT2D eigenvalue weighted by Gasteiger charge is 2.32. The quantitative estimate of drug-likeness (QED) is 0.666. The van der Waals surface area contributed by atoms with Gasteiger partial charge in [-0.15, -0.1) is 0 Å². The Morgan fingerprint density at radius 1 is 1.52 bits per heavy atom. The number of para-hydroxylation sites is 1. The van der Waals surface area contributed by atoms with Crippen LogP contribution in [0, 0.1) is 16.0 Å². The van der Waals surface area contributed by atoms with Crippen LogP contribution in [0.4, 0.5) is 11.4 Å². The van der Waals surface area contributed by atoms with Crippen LogP contribution in [0.15, 0.2) is 18.2 Å². The molecule has 6 nitrogen and oxygen atoms in total. The van der Waals surface area contributed by atoms with Gasteiger partial charge in [0.15, 0.2) is 5.75 Å². The van der Waals surface area contributed by atoms with Gasteiger partial charge in [0.2, 0.25) is 0 Å². The molecule has 2 N–H and O–H groups in total. The highest BCUT2D eigenvalue weighted by molar-refractivity contribution is 5.70. The molecule has 0 bridgehead atoms. The van der Waals surface area contributed by atoms with Crippen molar-refractivity contribution in [2.75, 3.05) is 24.6 Å². The molecule has 0 amide bonds. The standard InChI is InChI=1S/C15H23N3O3/c1-3-21-14-6-4-5-13(15(14)18(19)20)17-8-7-11(2)9-12(17)10-16/h4-6,11-12H,3,7-10,16H2,1-2H3. The number of piperidine rings is 1. The minimum absolute atomic E-state index is 0.0485. The van der Waals surface area contributed by atoms with Gasteiger partial charge in [-0.2, -0.15) is 0 Å². The van der Waals surface area contributed by atoms with Crippen LogP contribution in [0.25, 0.3) is 0 Å². The molecular weight excluding hydrogens is 270 g/mol. The van der Waals surface area contributed by atoms with Gasteiger partial charge in [-0.1, -0.05) is 13.0 Å². The number of nitrogens with zero attached hydrogens (tertiary/aromatic N) is 2. The molecule has 0 saturated carbocycles. The summed E-state index contributed by atoms with van der Waals surface area (Å²) in [5.74, 6) is 0.929. The van der Waals surface area contributed by atoms with E-state index in [9.17, 15) is 10.1 Å². The fourth-order valence-electron chi connectivity index (χ4n) is 2.99. The van der Waals surface area contributed by atoms with Crippen molar-refractivity contribution in [1.29, 1.82) is 0 Å². The molecule has 0 aromatic heterocycles. The summed E-state index contributed by atoms with van der Waals surface area (Å²) in [6, 6.07) is 5.39. The largest absolute Gasteiger partial charge is 0.487 e. The van der Waals surface area contributed by atoms with E-state index >= 15 is 0 Å². The van der Waals surface area contributed by atoms with Gasteiger partial charge in [0, 0.05) is 19.1 Å². The van der Waals surface area contributed by atoms with E-state index in [1.807, 2.05) is 6.92 Å². The van der Waals surface area contributed by atoms with Crippen molar-refractivity contribution in [2.24, 2.45) is 11.7 Å². The smallest absolute Gasteiger partial charge is 0.333 e. The van der Waals surface area contributed by atoms with Gasteiger partial charge in [-0.05, 0) is 37.8 Å². The predicted octanol–water partition coefficient (Wildman–Crippen LogP) is 2.56. The first-order chi connectivity index (χ1) is 10.1. The molecule has 1 aromatic rings. The number of anilines is 1. The van der Waals surface area contributed by atoms with E-state index in [4.69, 9.17) is 10.5 Å². The van der Waals surface area contributed by atoms with E-state index in [0.717, 1.165) is 19.4 Å². The lowest BCUT2D eigenvalue weighted by Gasteiger charge is -2.39. The van der Waals surface area contributed by atoms with Crippen LogP contribution in [0.3, 0.4) is 0 Å². The zero-order valence-electron chi connectivity index (χ0n) is 12.6. The van der Waals surface area contributed by atoms with Crippen molar-refractivity contribution in [2.45, 2.75) is 32.7 Å². The number of hydrogen-bond acceptors (Lipinski definition) is 5. The average molecular weight is 293 g/mol. The molecule has 21 heavy (non-hydrogen) atoms. The maximum Gasteiger partial charge on any atom is 0.333 e. The number of benzene rings is 1. The van der Waals surface area contributed by atoms with E-state index in [2.05, 4.69) is 11.8 Å². The van der Waals surface area contributed by atoms with Crippen molar-refractivity contribution in [3.8, 4) is 5.75 Å². The van der Waals surface area contributed by atoms with Gasteiger partial charge in [-0.25, -0.2) is 0 Å². The summed E-state index contributed by atoms with van der Waals surface area (Å²) < 4.78 is 5.42. The summed E-state index contributed by atoms with van der Waals surface area (Å²) >= 11 is 0. The van der Waals surface area contributed by atoms with Gasteiger partial charge in [0.25, 0.3) is 0 Å². The summed E-state index contributed by atoms with van der Waals surface area (Å²) in [5.41, 5.74) is 6.54. The molecule has 0 spiro atoms. The fraction of sp³-hybridized carbons (Fsp3) is 0.600. The lowest BCUT2D eigenvalue weighted by molar-refractivity contribution is -0.385. The van der Waals surface area contributed by atoms with Crippen molar-refractivity contribution in [3.63, 3.8) is 0 Å². The molecule has 2 unspecified atom stereocenters. The van der Waals surface area contributed by atoms with Crippen molar-refractivity contribution >= 4 is 11.4 Å². The van der Waals surface area contributed by atoms with Gasteiger partial charge < -0.3 is 15.4 Å². The highest BCUT2D eigenvalue weighted by Crippen LogP contribution is 2.40. The van der Waals surface area contributed by atoms with Crippen LogP contribution in [0.5, 0.6) is 5.75 Å². The maximum absolute atomic E-state index is 11.5. The van der Waals surface area contributed by atoms with E-state index in [1.54, 1.807) is 18.2 Å². The van der Waals surface area contributed by atoms with Crippen molar-refractivity contribution < 1.29 is 9.66 Å². The third-order valence-corrected chi connectivity index (χ3v) is 4.02. The Morgan fingerprint density at radius 2 is 2.29 bits per heavy atom. The minimum atomic E-state index is -0.355. The Labute approximate surface area is 125 Å². The second-order valence-electron chi connectivity index (χ2n) is 5.53. The lowest BCUT2D eigenvalue weighted by atomic mass is 9.91. The normalized spacial score (nSPS) is 22.1. The first kappa shape index (κ1) is 15.6. The van der Waals surface area contributed by atoms with Crippen LogP contribution in [-0.4, -0.2) is 30.7 Å². The van der Waals surface area contributed by atoms with Gasteiger partial charge in [0.1, 0.15) is 5.69 Å². The maximum atomic E-state index is 11.5. The Hall–Kier alpha value is -1.82. The molecule has 1 fully saturated rings. The second-order valence-corrected chi connectivity index (χ2v) is 5.53. The lowest BCUT2D eigenvalue weighted by Crippen LogP contribution is -2.46. The number of ether oxygens (including phenoxy) is 1. The zero-order chi connectivity index (χ0) is 15.4. The molecule has 116 valence electrons. The van der Waals surface area contributed by atoms with Crippen LogP contribution >= 0.6 is 0 Å². The van der Waals surface area contributed by atoms with E-state index in [-0.39, 0.29) is 16.7 Å². The summed E-state index contributed by atoms with van der Waals surface area (Å²) in [6.45, 7) is 5.72. The number of nitrogens with two attached hydrogens (primary N) is 1. The summed E-state index contributed by atoms with van der Waals surface area (Å²) in [6.07, 6.45) is 1.99. The molecule has 2 rings (SSSR count). The van der Waals surface area contributed by atoms with Crippen LogP contribution in [-0.2, 0) is 0 Å². The van der Waals surface area contributed by atoms with E-state index in [0.29, 0.717) is 30.5 Å². The number of rotatable bonds is 5. The first-order valence-electron chi connectivity index (χ1n) is 7.45. The molecule has 6 heteroatoms. The number of hydrogen-bond donors (Lipinski definition) is 1. The van der Waals surface area contributed by atoms with Crippen molar-refractivity contribution in [1.82, 2.24) is 0 Å². The molecule has 1 aromatic carbocycles. The van der Waals surface area contributed by atoms with Crippen LogP contribution in [0.2, 0.25) is 0 Å². The Morgan fingerprint density at radius 3 is 2.90 bits per heavy atom. The van der Waals surface area contributed by atoms with Gasteiger partial charge >= 0.3 is 5.69 Å². The zero-order valence-corrected chi connectivity index (χ0v) is 12.6. The second kappa shape index (κ2) is 6.76. The van der Waals surface area contributed by atoms with Gasteiger partial charge in [-0.3, -0.25) is 10.1 Å². The highest BCUT2D eigenvalue weighted by atomic mass is 16.6. The van der Waals surface area contributed by atoms with Crippen LogP contribution < -0.4 is 15.4 Å². The Kier molecular flexibility index (Phi) is 5.01. The molecule has 1 saturated heterocycles. The molecular formula is C15H23N3O3. The van der Waals surface area contributed by atoms with Crippen molar-refractivity contribution in [3.05, 3.63) is 28.3 Å². The molecule has 1 heterocycles. The monoisotopic (exact) mass is 293 g/mol. The van der Waals surface area contributed by atoms with Crippen LogP contribution in [0.1, 0.15) is 26.7 Å². The molecule has 2 atom stereocenters. The fourth-order valence-corrected chi connectivity index (χ4v) is 2.99. The molecule has 1 aliphatic rings. The predicted molar refractivity (Wildman–Crippen MR) is 82.9 cm³/mol. The number of nitro benzene ring substituents is 1. The third kappa shape index (κ3) is 3.26. The Balaban J connectivity index is 2.42. The molecule has 0 aliphatic carbocycles. The molecule has 0 radical (unpaired) electrons. The summed E-state index contributed by atoms with van der Waals surface area (Å²) in [7, 11) is 0. The summed E-state index contributed by atoms with van der Waals surface area (Å²) in [5, 5.41) is 11.5. The third-order valence-electron chi connectivity index (χ3n) is 4.02. The Bertz CT molecular complexity index is 507. The molecule has 1 aliphatic heterocycles. The first-order valence-corrected chi connectivity index (χ1v) is 7.45. The number of nitro groups is 1. The average Bonchev–Trinajstić information content (AvgIpc) is 2.47. The minimum Gasteiger partial charge on any atom is -0.487 e. The SMILES string of the molecule is CCOc1cccc(N2CCC(C)CC2CN)c1[N+](=O)[O-]. The van der Waals surface area contributed by atoms with E-state index < -0.39 is 0 Å².